The fourth-order valence-corrected chi connectivity index (χ4v) is 1.28. The normalized spacial score (nSPS) is 9.69. The summed E-state index contributed by atoms with van der Waals surface area (Å²) in [6.07, 6.45) is 0. The Morgan fingerprint density at radius 1 is 1.31 bits per heavy atom. The predicted molar refractivity (Wildman–Crippen MR) is 57.0 cm³/mol. The molecule has 88 valence electrons. The number of methoxy groups -OCH3 is 3. The van der Waals surface area contributed by atoms with Crippen molar-refractivity contribution >= 4 is 11.7 Å². The number of hydrogen-bond acceptors (Lipinski definition) is 6. The number of rotatable bonds is 3. The van der Waals surface area contributed by atoms with Crippen LogP contribution in [0, 0.1) is 0 Å². The molecule has 0 amide bonds. The van der Waals surface area contributed by atoms with Crippen molar-refractivity contribution in [2.45, 2.75) is 0 Å². The molecule has 1 rings (SSSR count). The Labute approximate surface area is 92.5 Å². The molecule has 0 aliphatic rings. The van der Waals surface area contributed by atoms with E-state index >= 15 is 0 Å². The van der Waals surface area contributed by atoms with Crippen LogP contribution in [0.5, 0.6) is 17.2 Å². The zero-order valence-corrected chi connectivity index (χ0v) is 9.23. The number of anilines is 1. The van der Waals surface area contributed by atoms with Gasteiger partial charge in [-0.2, -0.15) is 0 Å². The molecule has 0 bridgehead atoms. The van der Waals surface area contributed by atoms with Crippen molar-refractivity contribution in [2.24, 2.45) is 0 Å². The number of nitrogens with two attached hydrogens (primary N) is 1. The molecule has 0 fully saturated rings. The van der Waals surface area contributed by atoms with Crippen LogP contribution in [-0.2, 0) is 4.74 Å². The zero-order chi connectivity index (χ0) is 12.3. The number of nitrogen functional groups attached to an aromatic ring is 1. The van der Waals surface area contributed by atoms with Gasteiger partial charge in [0.25, 0.3) is 0 Å². The fraction of sp³-hybridized carbons (Fsp3) is 0.300. The molecule has 0 atom stereocenters. The Kier molecular flexibility index (Phi) is 3.44. The third-order valence-corrected chi connectivity index (χ3v) is 2.08. The van der Waals surface area contributed by atoms with Crippen LogP contribution < -0.4 is 15.2 Å². The monoisotopic (exact) mass is 227 g/mol. The van der Waals surface area contributed by atoms with Crippen molar-refractivity contribution in [3.8, 4) is 17.2 Å². The van der Waals surface area contributed by atoms with Crippen LogP contribution in [0.25, 0.3) is 0 Å². The molecule has 0 aliphatic carbocycles. The maximum atomic E-state index is 11.3. The Morgan fingerprint density at radius 3 is 2.38 bits per heavy atom. The molecule has 3 N–H and O–H groups in total. The number of phenolic OH excluding ortho intramolecular Hbond substituents is 1. The third kappa shape index (κ3) is 1.81. The van der Waals surface area contributed by atoms with Crippen LogP contribution in [0.1, 0.15) is 10.4 Å². The number of phenols is 1. The van der Waals surface area contributed by atoms with E-state index in [-0.39, 0.29) is 28.5 Å². The lowest BCUT2D eigenvalue weighted by molar-refractivity contribution is 0.0597. The molecule has 0 radical (unpaired) electrons. The van der Waals surface area contributed by atoms with Crippen LogP contribution in [0.3, 0.4) is 0 Å². The minimum absolute atomic E-state index is 0.0674. The van der Waals surface area contributed by atoms with Crippen LogP contribution in [0.15, 0.2) is 6.07 Å². The van der Waals surface area contributed by atoms with Gasteiger partial charge in [0, 0.05) is 6.07 Å². The van der Waals surface area contributed by atoms with E-state index in [9.17, 15) is 9.90 Å². The van der Waals surface area contributed by atoms with Crippen molar-refractivity contribution < 1.29 is 24.1 Å². The summed E-state index contributed by atoms with van der Waals surface area (Å²) >= 11 is 0. The van der Waals surface area contributed by atoms with Gasteiger partial charge in [0.1, 0.15) is 11.3 Å². The van der Waals surface area contributed by atoms with Crippen molar-refractivity contribution in [1.29, 1.82) is 0 Å². The molecule has 0 unspecified atom stereocenters. The maximum Gasteiger partial charge on any atom is 0.341 e. The first-order valence-electron chi connectivity index (χ1n) is 4.38. The van der Waals surface area contributed by atoms with E-state index in [0.29, 0.717) is 0 Å². The second kappa shape index (κ2) is 4.61. The number of ether oxygens (including phenoxy) is 3. The minimum Gasteiger partial charge on any atom is -0.505 e. The van der Waals surface area contributed by atoms with E-state index in [0.717, 1.165) is 0 Å². The summed E-state index contributed by atoms with van der Waals surface area (Å²) in [7, 11) is 3.98. The maximum absolute atomic E-state index is 11.3. The van der Waals surface area contributed by atoms with Crippen molar-refractivity contribution in [2.75, 3.05) is 27.1 Å². The molecule has 1 aromatic carbocycles. The minimum atomic E-state index is -0.704. The van der Waals surface area contributed by atoms with Crippen molar-refractivity contribution in [1.82, 2.24) is 0 Å². The average Bonchev–Trinajstić information content (AvgIpc) is 2.31. The quantitative estimate of drug-likeness (QED) is 0.450. The molecule has 0 spiro atoms. The van der Waals surface area contributed by atoms with E-state index in [1.54, 1.807) is 0 Å². The highest BCUT2D eigenvalue weighted by atomic mass is 16.5. The third-order valence-electron chi connectivity index (χ3n) is 2.08. The summed E-state index contributed by atoms with van der Waals surface area (Å²) in [6, 6.07) is 1.30. The summed E-state index contributed by atoms with van der Waals surface area (Å²) in [4.78, 5) is 11.3. The summed E-state index contributed by atoms with van der Waals surface area (Å²) in [6.45, 7) is 0. The lowest BCUT2D eigenvalue weighted by Gasteiger charge is -2.13. The molecule has 0 heterocycles. The van der Waals surface area contributed by atoms with E-state index in [1.165, 1.54) is 27.4 Å². The van der Waals surface area contributed by atoms with Gasteiger partial charge in [-0.3, -0.25) is 0 Å². The fourth-order valence-electron chi connectivity index (χ4n) is 1.28. The number of hydrogen-bond donors (Lipinski definition) is 2. The molecular weight excluding hydrogens is 214 g/mol. The highest BCUT2D eigenvalue weighted by molar-refractivity contribution is 5.96. The van der Waals surface area contributed by atoms with Gasteiger partial charge in [-0.15, -0.1) is 0 Å². The first kappa shape index (κ1) is 12.0. The molecule has 0 saturated heterocycles. The van der Waals surface area contributed by atoms with Crippen LogP contribution >= 0.6 is 0 Å². The van der Waals surface area contributed by atoms with Crippen LogP contribution in [0.2, 0.25) is 0 Å². The second-order valence-electron chi connectivity index (χ2n) is 2.91. The van der Waals surface area contributed by atoms with Gasteiger partial charge in [0.2, 0.25) is 0 Å². The van der Waals surface area contributed by atoms with Gasteiger partial charge < -0.3 is 25.1 Å². The summed E-state index contributed by atoms with van der Waals surface area (Å²) in [5.41, 5.74) is 5.46. The standard InChI is InChI=1S/C10H13NO5/c1-14-6-4-5(10(13)16-3)8(12)7(11)9(6)15-2/h4,12H,11H2,1-3H3. The number of carbonyl (C=O) groups excluding carboxylic acids is 1. The number of aromatic hydroxyl groups is 1. The van der Waals surface area contributed by atoms with Gasteiger partial charge in [0.05, 0.1) is 21.3 Å². The lowest BCUT2D eigenvalue weighted by Crippen LogP contribution is -2.05. The molecule has 0 saturated carbocycles. The molecule has 0 aliphatic heterocycles. The van der Waals surface area contributed by atoms with Gasteiger partial charge in [-0.1, -0.05) is 0 Å². The average molecular weight is 227 g/mol. The Morgan fingerprint density at radius 2 is 1.94 bits per heavy atom. The Bertz CT molecular complexity index is 416. The number of carbonyl (C=O) groups is 1. The van der Waals surface area contributed by atoms with E-state index in [2.05, 4.69) is 4.74 Å². The van der Waals surface area contributed by atoms with E-state index < -0.39 is 5.97 Å². The molecule has 0 aromatic heterocycles. The van der Waals surface area contributed by atoms with Gasteiger partial charge in [-0.25, -0.2) is 4.79 Å². The summed E-state index contributed by atoms with van der Waals surface area (Å²) in [5, 5.41) is 9.67. The molecule has 6 heteroatoms. The lowest BCUT2D eigenvalue weighted by atomic mass is 10.1. The van der Waals surface area contributed by atoms with Crippen molar-refractivity contribution in [3.63, 3.8) is 0 Å². The predicted octanol–water partition coefficient (Wildman–Crippen LogP) is 0.778. The van der Waals surface area contributed by atoms with Crippen LogP contribution in [-0.4, -0.2) is 32.4 Å². The van der Waals surface area contributed by atoms with Crippen molar-refractivity contribution in [3.05, 3.63) is 11.6 Å². The second-order valence-corrected chi connectivity index (χ2v) is 2.91. The summed E-state index contributed by atoms with van der Waals surface area (Å²) in [5.74, 6) is -0.666. The Balaban J connectivity index is 3.44. The van der Waals surface area contributed by atoms with Gasteiger partial charge >= 0.3 is 5.97 Å². The SMILES string of the molecule is COC(=O)c1cc(OC)c(OC)c(N)c1O. The first-order chi connectivity index (χ1) is 7.56. The highest BCUT2D eigenvalue weighted by Crippen LogP contribution is 2.42. The Hall–Kier alpha value is -2.11. The zero-order valence-electron chi connectivity index (χ0n) is 9.23. The van der Waals surface area contributed by atoms with Gasteiger partial charge in [0.15, 0.2) is 17.2 Å². The number of esters is 1. The molecule has 16 heavy (non-hydrogen) atoms. The van der Waals surface area contributed by atoms with Gasteiger partial charge in [-0.05, 0) is 0 Å². The molecular formula is C10H13NO5. The summed E-state index contributed by atoms with van der Waals surface area (Å²) < 4.78 is 14.4. The van der Waals surface area contributed by atoms with Crippen LogP contribution in [0.4, 0.5) is 5.69 Å². The van der Waals surface area contributed by atoms with E-state index in [1.807, 2.05) is 0 Å². The largest absolute Gasteiger partial charge is 0.505 e. The van der Waals surface area contributed by atoms with E-state index in [4.69, 9.17) is 15.2 Å². The number of benzene rings is 1. The highest BCUT2D eigenvalue weighted by Gasteiger charge is 2.21. The molecule has 6 nitrogen and oxygen atoms in total. The molecule has 1 aromatic rings. The topological polar surface area (TPSA) is 91.0 Å². The smallest absolute Gasteiger partial charge is 0.341 e. The first-order valence-corrected chi connectivity index (χ1v) is 4.38.